The molecule has 1 aliphatic rings. The highest BCUT2D eigenvalue weighted by atomic mass is 16.5. The van der Waals surface area contributed by atoms with Gasteiger partial charge in [0.05, 0.1) is 19.4 Å². The second-order valence-corrected chi connectivity index (χ2v) is 2.86. The molecule has 1 aromatic rings. The van der Waals surface area contributed by atoms with Crippen LogP contribution >= 0.6 is 0 Å². The average molecular weight is 180 g/mol. The Kier molecular flexibility index (Phi) is 2.56. The van der Waals surface area contributed by atoms with E-state index in [1.807, 2.05) is 12.3 Å². The van der Waals surface area contributed by atoms with Crippen molar-refractivity contribution in [2.24, 2.45) is 0 Å². The van der Waals surface area contributed by atoms with Crippen molar-refractivity contribution in [3.05, 3.63) is 18.1 Å². The summed E-state index contributed by atoms with van der Waals surface area (Å²) < 4.78 is 5.23. The monoisotopic (exact) mass is 180 g/mol. The fraction of sp³-hybridized carbons (Fsp3) is 0.500. The summed E-state index contributed by atoms with van der Waals surface area (Å²) in [5.41, 5.74) is 0.853. The summed E-state index contributed by atoms with van der Waals surface area (Å²) >= 11 is 0. The van der Waals surface area contributed by atoms with Gasteiger partial charge in [0, 0.05) is 19.3 Å². The van der Waals surface area contributed by atoms with Crippen LogP contribution in [0, 0.1) is 0 Å². The van der Waals surface area contributed by atoms with Crippen molar-refractivity contribution in [1.82, 2.24) is 20.3 Å². The first-order valence-corrected chi connectivity index (χ1v) is 4.31. The summed E-state index contributed by atoms with van der Waals surface area (Å²) in [6.45, 7) is 3.52. The molecule has 0 amide bonds. The zero-order valence-corrected chi connectivity index (χ0v) is 7.31. The first-order valence-electron chi connectivity index (χ1n) is 4.31. The van der Waals surface area contributed by atoms with Crippen LogP contribution in [0.4, 0.5) is 0 Å². The third-order valence-corrected chi connectivity index (χ3v) is 1.94. The highest BCUT2D eigenvalue weighted by molar-refractivity contribution is 5.41. The van der Waals surface area contributed by atoms with E-state index in [4.69, 9.17) is 4.74 Å². The highest BCUT2D eigenvalue weighted by Gasteiger charge is 2.04. The molecule has 5 nitrogen and oxygen atoms in total. The van der Waals surface area contributed by atoms with E-state index in [0.29, 0.717) is 0 Å². The molecule has 1 fully saturated rings. The van der Waals surface area contributed by atoms with Gasteiger partial charge in [0.2, 0.25) is 0 Å². The molecule has 70 valence electrons. The summed E-state index contributed by atoms with van der Waals surface area (Å²) in [7, 11) is 0. The largest absolute Gasteiger partial charge is 0.378 e. The molecule has 0 saturated carbocycles. The molecule has 0 spiro atoms. The van der Waals surface area contributed by atoms with Crippen LogP contribution in [-0.4, -0.2) is 46.6 Å². The van der Waals surface area contributed by atoms with Gasteiger partial charge in [0.1, 0.15) is 5.69 Å². The SMILES string of the molecule is C(=CN1CCOCC1)c1cn[nH]n1. The number of nitrogens with one attached hydrogen (secondary N) is 1. The van der Waals surface area contributed by atoms with Crippen molar-refractivity contribution in [2.45, 2.75) is 0 Å². The number of nitrogens with zero attached hydrogens (tertiary/aromatic N) is 3. The number of rotatable bonds is 2. The molecule has 13 heavy (non-hydrogen) atoms. The van der Waals surface area contributed by atoms with Crippen LogP contribution in [0.15, 0.2) is 12.4 Å². The van der Waals surface area contributed by atoms with E-state index in [9.17, 15) is 0 Å². The van der Waals surface area contributed by atoms with Crippen LogP contribution in [0.25, 0.3) is 6.08 Å². The summed E-state index contributed by atoms with van der Waals surface area (Å²) in [5.74, 6) is 0. The molecule has 1 aromatic heterocycles. The van der Waals surface area contributed by atoms with Crippen molar-refractivity contribution in [3.8, 4) is 0 Å². The lowest BCUT2D eigenvalue weighted by Gasteiger charge is -2.24. The number of hydrogen-bond acceptors (Lipinski definition) is 4. The van der Waals surface area contributed by atoms with Gasteiger partial charge in [0.25, 0.3) is 0 Å². The standard InChI is InChI=1S/C8H12N4O/c1(8-7-9-11-10-8)2-12-3-5-13-6-4-12/h1-2,7H,3-6H2,(H,9,10,11). The van der Waals surface area contributed by atoms with Crippen molar-refractivity contribution < 1.29 is 4.74 Å². The molecule has 1 N–H and O–H groups in total. The van der Waals surface area contributed by atoms with Crippen LogP contribution in [0.3, 0.4) is 0 Å². The van der Waals surface area contributed by atoms with E-state index in [-0.39, 0.29) is 0 Å². The van der Waals surface area contributed by atoms with Crippen LogP contribution in [-0.2, 0) is 4.74 Å². The van der Waals surface area contributed by atoms with Crippen molar-refractivity contribution in [2.75, 3.05) is 26.3 Å². The van der Waals surface area contributed by atoms with Gasteiger partial charge in [-0.05, 0) is 6.08 Å². The molecule has 0 atom stereocenters. The molecule has 5 heteroatoms. The smallest absolute Gasteiger partial charge is 0.107 e. The number of H-pyrrole nitrogens is 1. The molecular weight excluding hydrogens is 168 g/mol. The Morgan fingerprint density at radius 3 is 3.00 bits per heavy atom. The van der Waals surface area contributed by atoms with Crippen LogP contribution in [0.1, 0.15) is 5.69 Å². The molecule has 0 bridgehead atoms. The maximum atomic E-state index is 5.23. The van der Waals surface area contributed by atoms with E-state index in [0.717, 1.165) is 32.0 Å². The summed E-state index contributed by atoms with van der Waals surface area (Å²) in [4.78, 5) is 2.21. The third-order valence-electron chi connectivity index (χ3n) is 1.94. The summed E-state index contributed by atoms with van der Waals surface area (Å²) in [5, 5.41) is 10.2. The maximum absolute atomic E-state index is 5.23. The fourth-order valence-corrected chi connectivity index (χ4v) is 1.20. The van der Waals surface area contributed by atoms with Gasteiger partial charge in [-0.2, -0.15) is 15.4 Å². The van der Waals surface area contributed by atoms with Crippen LogP contribution < -0.4 is 0 Å². The van der Waals surface area contributed by atoms with Gasteiger partial charge in [-0.25, -0.2) is 0 Å². The van der Waals surface area contributed by atoms with Gasteiger partial charge in [-0.1, -0.05) is 0 Å². The van der Waals surface area contributed by atoms with Gasteiger partial charge in [-0.15, -0.1) is 0 Å². The lowest BCUT2D eigenvalue weighted by atomic mass is 10.4. The van der Waals surface area contributed by atoms with Gasteiger partial charge >= 0.3 is 0 Å². The second kappa shape index (κ2) is 4.04. The first kappa shape index (κ1) is 8.25. The number of hydrogen-bond donors (Lipinski definition) is 1. The molecule has 1 aliphatic heterocycles. The Balaban J connectivity index is 1.89. The van der Waals surface area contributed by atoms with Gasteiger partial charge < -0.3 is 9.64 Å². The lowest BCUT2D eigenvalue weighted by Crippen LogP contribution is -2.31. The van der Waals surface area contributed by atoms with Crippen LogP contribution in [0.5, 0.6) is 0 Å². The van der Waals surface area contributed by atoms with Crippen molar-refractivity contribution in [3.63, 3.8) is 0 Å². The lowest BCUT2D eigenvalue weighted by molar-refractivity contribution is 0.0597. The zero-order chi connectivity index (χ0) is 8.93. The molecular formula is C8H12N4O. The third kappa shape index (κ3) is 2.29. The van der Waals surface area contributed by atoms with E-state index >= 15 is 0 Å². The Labute approximate surface area is 76.4 Å². The molecule has 0 aromatic carbocycles. The number of morpholine rings is 1. The normalized spacial score (nSPS) is 18.3. The second-order valence-electron chi connectivity index (χ2n) is 2.86. The maximum Gasteiger partial charge on any atom is 0.107 e. The minimum atomic E-state index is 0.809. The Hall–Kier alpha value is -1.36. The van der Waals surface area contributed by atoms with E-state index < -0.39 is 0 Å². The molecule has 0 unspecified atom stereocenters. The van der Waals surface area contributed by atoms with E-state index in [1.54, 1.807) is 6.20 Å². The number of ether oxygens (including phenoxy) is 1. The fourth-order valence-electron chi connectivity index (χ4n) is 1.20. The summed E-state index contributed by atoms with van der Waals surface area (Å²) in [6, 6.07) is 0. The van der Waals surface area contributed by atoms with Crippen LogP contribution in [0.2, 0.25) is 0 Å². The predicted molar refractivity (Wildman–Crippen MR) is 47.8 cm³/mol. The molecule has 2 rings (SSSR count). The molecule has 2 heterocycles. The van der Waals surface area contributed by atoms with E-state index in [1.165, 1.54) is 0 Å². The quantitative estimate of drug-likeness (QED) is 0.701. The summed E-state index contributed by atoms with van der Waals surface area (Å²) in [6.07, 6.45) is 5.66. The minimum absolute atomic E-state index is 0.809. The molecule has 0 radical (unpaired) electrons. The zero-order valence-electron chi connectivity index (χ0n) is 7.31. The highest BCUT2D eigenvalue weighted by Crippen LogP contribution is 2.00. The predicted octanol–water partition coefficient (Wildman–Crippen LogP) is 0.108. The van der Waals surface area contributed by atoms with Crippen molar-refractivity contribution >= 4 is 6.08 Å². The number of aromatic nitrogens is 3. The van der Waals surface area contributed by atoms with E-state index in [2.05, 4.69) is 20.3 Å². The molecule has 1 saturated heterocycles. The Morgan fingerprint density at radius 1 is 1.46 bits per heavy atom. The molecule has 0 aliphatic carbocycles. The topological polar surface area (TPSA) is 54.0 Å². The average Bonchev–Trinajstić information content (AvgIpc) is 2.69. The van der Waals surface area contributed by atoms with Crippen molar-refractivity contribution in [1.29, 1.82) is 0 Å². The Morgan fingerprint density at radius 2 is 2.31 bits per heavy atom. The van der Waals surface area contributed by atoms with Gasteiger partial charge in [-0.3, -0.25) is 0 Å². The first-order chi connectivity index (χ1) is 6.45. The minimum Gasteiger partial charge on any atom is -0.378 e. The number of aromatic amines is 1. The Bertz CT molecular complexity index is 264. The van der Waals surface area contributed by atoms with Gasteiger partial charge in [0.15, 0.2) is 0 Å².